The van der Waals surface area contributed by atoms with Crippen LogP contribution in [-0.2, 0) is 0 Å². The fraction of sp³-hybridized carbons (Fsp3) is 0.107. The molecule has 11 aromatic rings. The third-order valence-electron chi connectivity index (χ3n) is 11.0. The van der Waals surface area contributed by atoms with Gasteiger partial charge in [0.1, 0.15) is 5.82 Å². The van der Waals surface area contributed by atoms with Crippen LogP contribution in [0.5, 0.6) is 0 Å². The van der Waals surface area contributed by atoms with Crippen LogP contribution in [0.1, 0.15) is 33.5 Å². The lowest BCUT2D eigenvalue weighted by Gasteiger charge is -2.04. The molecule has 8 nitrogen and oxygen atoms in total. The molecule has 2 N–H and O–H groups in total. The number of aryl methyl sites for hydroxylation is 6. The summed E-state index contributed by atoms with van der Waals surface area (Å²) in [6.45, 7) is 12.4. The fourth-order valence-electron chi connectivity index (χ4n) is 7.45. The van der Waals surface area contributed by atoms with Gasteiger partial charge in [-0.3, -0.25) is 9.97 Å². The quantitative estimate of drug-likeness (QED) is 0.130. The number of nitrogen functional groups attached to an aromatic ring is 1. The van der Waals surface area contributed by atoms with Crippen molar-refractivity contribution in [3.63, 3.8) is 0 Å². The first-order valence-electron chi connectivity index (χ1n) is 21.7. The highest BCUT2D eigenvalue weighted by molar-refractivity contribution is 9.11. The number of nitrogens with zero attached hydrogens (tertiary/aromatic N) is 6. The molecule has 0 bridgehead atoms. The van der Waals surface area contributed by atoms with E-state index in [4.69, 9.17) is 5.73 Å². The molecule has 0 fully saturated rings. The Bertz CT molecular complexity index is 3540. The summed E-state index contributed by atoms with van der Waals surface area (Å²) in [6, 6.07) is 37.3. The molecule has 0 aliphatic carbocycles. The van der Waals surface area contributed by atoms with Crippen molar-refractivity contribution < 1.29 is 9.30 Å². The van der Waals surface area contributed by atoms with Crippen LogP contribution >= 0.6 is 79.6 Å². The maximum Gasteiger partial charge on any atom is 0.335 e. The SMILES string of the molecule is Cc1ccc2c(-[n+]3ccccc3)ncc(Br)c2c1.Cc1ccc2c(C)ncc(Br)c2c1.Cc1ccc2c(N)ncc(Br)c2c1.Cc1ccc2c[n+]([O-])cc(Br)c2c1.Cc1ccc2cncc(Br)c2c1. The van der Waals surface area contributed by atoms with E-state index in [-0.39, 0.29) is 0 Å². The molecule has 0 amide bonds. The molecular formula is C56H47Br5N7O+. The molecule has 0 saturated heterocycles. The molecule has 69 heavy (non-hydrogen) atoms. The number of pyridine rings is 6. The van der Waals surface area contributed by atoms with Crippen LogP contribution in [0.15, 0.2) is 187 Å². The topological polar surface area (TPSA) is 108 Å². The molecule has 0 unspecified atom stereocenters. The zero-order chi connectivity index (χ0) is 49.4. The van der Waals surface area contributed by atoms with Crippen molar-refractivity contribution >= 4 is 139 Å². The lowest BCUT2D eigenvalue weighted by atomic mass is 10.1. The summed E-state index contributed by atoms with van der Waals surface area (Å²) in [4.78, 5) is 17.0. The van der Waals surface area contributed by atoms with E-state index >= 15 is 0 Å². The summed E-state index contributed by atoms with van der Waals surface area (Å²) in [5.74, 6) is 1.53. The molecule has 0 saturated carbocycles. The lowest BCUT2D eigenvalue weighted by molar-refractivity contribution is -0.604. The first-order valence-corrected chi connectivity index (χ1v) is 25.6. The number of nitrogens with two attached hydrogens (primary N) is 1. The van der Waals surface area contributed by atoms with Crippen molar-refractivity contribution in [2.24, 2.45) is 0 Å². The molecule has 0 radical (unpaired) electrons. The van der Waals surface area contributed by atoms with Gasteiger partial charge in [-0.2, -0.15) is 4.73 Å². The second-order valence-corrected chi connectivity index (χ2v) is 20.7. The number of benzene rings is 5. The number of fused-ring (bicyclic) bond motifs is 5. The molecule has 0 atom stereocenters. The first kappa shape index (κ1) is 51.2. The van der Waals surface area contributed by atoms with Crippen LogP contribution in [0.25, 0.3) is 59.7 Å². The Morgan fingerprint density at radius 3 is 1.48 bits per heavy atom. The molecule has 0 aliphatic rings. The Morgan fingerprint density at radius 2 is 0.870 bits per heavy atom. The average Bonchev–Trinajstić information content (AvgIpc) is 3.33. The zero-order valence-corrected chi connectivity index (χ0v) is 46.6. The Hall–Kier alpha value is -5.70. The van der Waals surface area contributed by atoms with E-state index in [1.165, 1.54) is 60.9 Å². The van der Waals surface area contributed by atoms with Crippen molar-refractivity contribution in [2.75, 3.05) is 5.73 Å². The van der Waals surface area contributed by atoms with E-state index in [0.29, 0.717) is 5.82 Å². The van der Waals surface area contributed by atoms with Gasteiger partial charge in [-0.1, -0.05) is 101 Å². The second-order valence-electron chi connectivity index (χ2n) is 16.4. The van der Waals surface area contributed by atoms with Crippen LogP contribution < -0.4 is 15.0 Å². The monoisotopic (exact) mass is 1230 g/mol. The number of hydrogen-bond acceptors (Lipinski definition) is 6. The Kier molecular flexibility index (Phi) is 17.3. The van der Waals surface area contributed by atoms with Gasteiger partial charge in [-0.15, -0.1) is 0 Å². The number of aromatic nitrogens is 6. The Morgan fingerprint density at radius 1 is 0.420 bits per heavy atom. The van der Waals surface area contributed by atoms with Gasteiger partial charge in [0.2, 0.25) is 0 Å². The smallest absolute Gasteiger partial charge is 0.335 e. The Balaban J connectivity index is 0.000000128. The van der Waals surface area contributed by atoms with E-state index in [2.05, 4.69) is 194 Å². The average molecular weight is 1230 g/mol. The minimum Gasteiger partial charge on any atom is -0.619 e. The summed E-state index contributed by atoms with van der Waals surface area (Å²) < 4.78 is 7.82. The molecule has 346 valence electrons. The summed E-state index contributed by atoms with van der Waals surface area (Å²) in [5, 5.41) is 22.4. The second kappa shape index (κ2) is 23.3. The minimum absolute atomic E-state index is 0.582. The zero-order valence-electron chi connectivity index (χ0n) is 38.6. The maximum absolute atomic E-state index is 11.1. The van der Waals surface area contributed by atoms with Crippen LogP contribution in [0.4, 0.5) is 5.82 Å². The van der Waals surface area contributed by atoms with E-state index < -0.39 is 0 Å². The highest BCUT2D eigenvalue weighted by atomic mass is 79.9. The van der Waals surface area contributed by atoms with E-state index in [0.717, 1.165) is 65.5 Å². The van der Waals surface area contributed by atoms with Crippen LogP contribution in [0.3, 0.4) is 0 Å². The van der Waals surface area contributed by atoms with Crippen LogP contribution in [0, 0.1) is 46.7 Å². The number of halogens is 5. The normalized spacial score (nSPS) is 10.7. The van der Waals surface area contributed by atoms with E-state index in [9.17, 15) is 5.21 Å². The van der Waals surface area contributed by atoms with Crippen molar-refractivity contribution in [1.82, 2.24) is 19.9 Å². The van der Waals surface area contributed by atoms with Gasteiger partial charge in [0.25, 0.3) is 0 Å². The molecule has 0 spiro atoms. The molecule has 6 heterocycles. The van der Waals surface area contributed by atoms with Crippen molar-refractivity contribution in [1.29, 1.82) is 0 Å². The minimum atomic E-state index is 0.582. The largest absolute Gasteiger partial charge is 0.619 e. The molecule has 5 aromatic carbocycles. The summed E-state index contributed by atoms with van der Waals surface area (Å²) in [6.07, 6.45) is 16.2. The summed E-state index contributed by atoms with van der Waals surface area (Å²) >= 11 is 17.3. The maximum atomic E-state index is 11.1. The number of rotatable bonds is 1. The van der Waals surface area contributed by atoms with Gasteiger partial charge >= 0.3 is 5.82 Å². The van der Waals surface area contributed by atoms with E-state index in [1.54, 1.807) is 12.4 Å². The van der Waals surface area contributed by atoms with Crippen molar-refractivity contribution in [3.05, 3.63) is 226 Å². The first-order chi connectivity index (χ1) is 33.1. The van der Waals surface area contributed by atoms with Gasteiger partial charge < -0.3 is 10.9 Å². The van der Waals surface area contributed by atoms with Gasteiger partial charge in [-0.05, 0) is 173 Å². The summed E-state index contributed by atoms with van der Waals surface area (Å²) in [5.41, 5.74) is 13.0. The number of anilines is 1. The van der Waals surface area contributed by atoms with Gasteiger partial charge in [0.05, 0.1) is 26.7 Å². The third-order valence-corrected chi connectivity index (χ3v) is 14.2. The molecule has 11 rings (SSSR count). The fourth-order valence-corrected chi connectivity index (χ4v) is 9.75. The van der Waals surface area contributed by atoms with Gasteiger partial charge in [-0.25, -0.2) is 9.55 Å². The molecule has 0 aliphatic heterocycles. The third kappa shape index (κ3) is 12.9. The predicted octanol–water partition coefficient (Wildman–Crippen LogP) is 15.9. The molecule has 6 aromatic heterocycles. The highest BCUT2D eigenvalue weighted by Gasteiger charge is 2.15. The molecular weight excluding hydrogens is 1190 g/mol. The lowest BCUT2D eigenvalue weighted by Crippen LogP contribution is -2.30. The van der Waals surface area contributed by atoms with Crippen LogP contribution in [0.2, 0.25) is 0 Å². The summed E-state index contributed by atoms with van der Waals surface area (Å²) in [7, 11) is 0. The highest BCUT2D eigenvalue weighted by Crippen LogP contribution is 2.29. The van der Waals surface area contributed by atoms with E-state index in [1.807, 2.05) is 98.1 Å². The Labute approximate surface area is 444 Å². The van der Waals surface area contributed by atoms with Crippen LogP contribution in [-0.4, -0.2) is 19.9 Å². The van der Waals surface area contributed by atoms with Crippen molar-refractivity contribution in [3.8, 4) is 5.82 Å². The number of hydrogen-bond donors (Lipinski definition) is 1. The van der Waals surface area contributed by atoms with Gasteiger partial charge in [0, 0.05) is 81.6 Å². The predicted molar refractivity (Wildman–Crippen MR) is 303 cm³/mol. The van der Waals surface area contributed by atoms with Crippen molar-refractivity contribution in [2.45, 2.75) is 41.5 Å². The standard InChI is InChI=1S/C15H12BrN2.C11H10BrN.C10H9BrN2.C10H8BrNO.C10H8BrN/c1-11-5-6-12-13(9-11)14(16)10-17-15(12)18-7-3-2-4-8-18;1-7-3-4-9-8(2)13-6-11(12)10(9)5-7;1-6-2-3-7-8(4-6)9(11)5-13-10(7)12;1-7-2-3-8-5-12(13)6-10(11)9(8)4-7;1-7-2-3-8-5-12-6-10(11)9(8)4-7/h2-10H,1H3;3-6H,1-2H3;2-5H,1H3,(H2,12,13);2-6H,1H3;2-6H,1H3/q+1;;;;. The molecule has 13 heteroatoms. The van der Waals surface area contributed by atoms with Gasteiger partial charge in [0.15, 0.2) is 18.6 Å².